The van der Waals surface area contributed by atoms with Crippen LogP contribution >= 0.6 is 34.4 Å². The van der Waals surface area contributed by atoms with Crippen LogP contribution in [0.15, 0.2) is 10.9 Å². The smallest absolute Gasteiger partial charge is 0.275 e. The minimum atomic E-state index is -0.183. The van der Waals surface area contributed by atoms with E-state index in [1.807, 2.05) is 0 Å². The van der Waals surface area contributed by atoms with Crippen LogP contribution in [0, 0.1) is 0 Å². The first-order valence-electron chi connectivity index (χ1n) is 9.17. The third kappa shape index (κ3) is 5.58. The Kier molecular flexibility index (Phi) is 7.51. The molecule has 0 aliphatic carbocycles. The van der Waals surface area contributed by atoms with Gasteiger partial charge in [-0.2, -0.15) is 9.61 Å². The summed E-state index contributed by atoms with van der Waals surface area (Å²) >= 11 is 4.26. The predicted molar refractivity (Wildman–Crippen MR) is 114 cm³/mol. The molecule has 3 aromatic rings. The third-order valence-corrected chi connectivity index (χ3v) is 6.58. The molecular formula is C17H22N6O2S3. The van der Waals surface area contributed by atoms with Gasteiger partial charge in [0, 0.05) is 24.7 Å². The Hall–Kier alpha value is -1.85. The number of fused-ring (bicyclic) bond motifs is 1. The largest absolute Gasteiger partial charge is 0.300 e. The molecule has 28 heavy (non-hydrogen) atoms. The zero-order valence-electron chi connectivity index (χ0n) is 15.8. The van der Waals surface area contributed by atoms with E-state index >= 15 is 0 Å². The molecule has 0 spiro atoms. The van der Waals surface area contributed by atoms with Crippen molar-refractivity contribution < 1.29 is 4.79 Å². The number of nitrogens with zero attached hydrogens (tertiary/aromatic N) is 5. The van der Waals surface area contributed by atoms with Gasteiger partial charge in [-0.15, -0.1) is 22.0 Å². The second-order valence-electron chi connectivity index (χ2n) is 6.17. The number of hydrogen-bond acceptors (Lipinski definition) is 9. The number of amides is 1. The first-order valence-corrected chi connectivity index (χ1v) is 12.0. The number of thioether (sulfide) groups is 1. The molecule has 0 saturated carbocycles. The zero-order valence-corrected chi connectivity index (χ0v) is 18.3. The van der Waals surface area contributed by atoms with E-state index in [1.165, 1.54) is 45.0 Å². The highest BCUT2D eigenvalue weighted by Gasteiger charge is 2.11. The molecule has 0 fully saturated rings. The molecule has 3 rings (SSSR count). The van der Waals surface area contributed by atoms with Gasteiger partial charge >= 0.3 is 0 Å². The van der Waals surface area contributed by atoms with Crippen LogP contribution in [0.1, 0.15) is 48.8 Å². The van der Waals surface area contributed by atoms with Gasteiger partial charge in [-0.1, -0.05) is 42.9 Å². The molecule has 0 radical (unpaired) electrons. The highest BCUT2D eigenvalue weighted by molar-refractivity contribution is 7.99. The lowest BCUT2D eigenvalue weighted by molar-refractivity contribution is -0.113. The van der Waals surface area contributed by atoms with Crippen molar-refractivity contribution >= 4 is 50.4 Å². The molecule has 0 aliphatic heterocycles. The molecule has 1 N–H and O–H groups in total. The first-order chi connectivity index (χ1) is 13.6. The second kappa shape index (κ2) is 10.1. The van der Waals surface area contributed by atoms with E-state index in [2.05, 4.69) is 39.4 Å². The summed E-state index contributed by atoms with van der Waals surface area (Å²) in [6.45, 7) is 4.20. The van der Waals surface area contributed by atoms with Gasteiger partial charge in [-0.3, -0.25) is 14.9 Å². The molecule has 0 aromatic carbocycles. The van der Waals surface area contributed by atoms with Crippen molar-refractivity contribution in [3.8, 4) is 0 Å². The van der Waals surface area contributed by atoms with Gasteiger partial charge in [-0.05, 0) is 12.8 Å². The minimum Gasteiger partial charge on any atom is -0.300 e. The average molecular weight is 439 g/mol. The van der Waals surface area contributed by atoms with Crippen LogP contribution < -0.4 is 10.9 Å². The van der Waals surface area contributed by atoms with Gasteiger partial charge in [0.05, 0.1) is 11.4 Å². The summed E-state index contributed by atoms with van der Waals surface area (Å²) in [7, 11) is 0. The van der Waals surface area contributed by atoms with Gasteiger partial charge in [0.15, 0.2) is 0 Å². The van der Waals surface area contributed by atoms with E-state index in [4.69, 9.17) is 0 Å². The van der Waals surface area contributed by atoms with Gasteiger partial charge in [0.1, 0.15) is 10.0 Å². The maximum Gasteiger partial charge on any atom is 0.275 e. The fourth-order valence-electron chi connectivity index (χ4n) is 2.42. The highest BCUT2D eigenvalue weighted by Crippen LogP contribution is 2.18. The van der Waals surface area contributed by atoms with Crippen molar-refractivity contribution in [3.63, 3.8) is 0 Å². The molecular weight excluding hydrogens is 416 g/mol. The molecule has 0 bridgehead atoms. The lowest BCUT2D eigenvalue weighted by Crippen LogP contribution is -2.16. The summed E-state index contributed by atoms with van der Waals surface area (Å²) in [4.78, 5) is 29.4. The Bertz CT molecular complexity index is 996. The van der Waals surface area contributed by atoms with Crippen molar-refractivity contribution in [1.29, 1.82) is 0 Å². The summed E-state index contributed by atoms with van der Waals surface area (Å²) in [5.74, 6) is 0.608. The van der Waals surface area contributed by atoms with E-state index in [-0.39, 0.29) is 17.2 Å². The standard InChI is InChI=1S/C17H22N6O2S3/c1-3-5-7-13-20-21-16(27-13)19-12(24)10-26-9-11-8-15(25)23-17(18-11)28-14(22-23)6-4-2/h8H,3-7,9-10H2,1-2H3,(H,19,21,24). The van der Waals surface area contributed by atoms with Crippen LogP contribution in [0.25, 0.3) is 4.96 Å². The van der Waals surface area contributed by atoms with Crippen LogP contribution in [-0.2, 0) is 23.4 Å². The van der Waals surface area contributed by atoms with Crippen molar-refractivity contribution in [3.05, 3.63) is 32.1 Å². The number of nitrogens with one attached hydrogen (secondary N) is 1. The quantitative estimate of drug-likeness (QED) is 0.519. The number of unbranched alkanes of at least 4 members (excludes halogenated alkanes) is 1. The highest BCUT2D eigenvalue weighted by atomic mass is 32.2. The van der Waals surface area contributed by atoms with Crippen molar-refractivity contribution in [2.75, 3.05) is 11.1 Å². The van der Waals surface area contributed by atoms with Crippen molar-refractivity contribution in [2.45, 2.75) is 51.7 Å². The minimum absolute atomic E-state index is 0.135. The van der Waals surface area contributed by atoms with Crippen LogP contribution in [0.2, 0.25) is 0 Å². The Morgan fingerprint density at radius 2 is 2.04 bits per heavy atom. The van der Waals surface area contributed by atoms with E-state index in [9.17, 15) is 9.59 Å². The molecule has 3 heterocycles. The number of aryl methyl sites for hydroxylation is 2. The van der Waals surface area contributed by atoms with Crippen LogP contribution in [0.3, 0.4) is 0 Å². The van der Waals surface area contributed by atoms with E-state index in [0.717, 1.165) is 42.1 Å². The van der Waals surface area contributed by atoms with Crippen molar-refractivity contribution in [1.82, 2.24) is 24.8 Å². The molecule has 0 unspecified atom stereocenters. The Labute approximate surface area is 174 Å². The number of carbonyl (C=O) groups excluding carboxylic acids is 1. The molecule has 1 amide bonds. The van der Waals surface area contributed by atoms with Crippen LogP contribution in [-0.4, -0.2) is 36.5 Å². The SMILES string of the molecule is CCCCc1nnc(NC(=O)CSCc2cc(=O)n3nc(CCC)sc3n2)s1. The summed E-state index contributed by atoms with van der Waals surface area (Å²) < 4.78 is 1.35. The second-order valence-corrected chi connectivity index (χ2v) is 9.26. The Balaban J connectivity index is 1.52. The fourth-order valence-corrected chi connectivity index (χ4v) is 4.96. The monoisotopic (exact) mass is 438 g/mol. The number of rotatable bonds is 10. The van der Waals surface area contributed by atoms with E-state index in [0.29, 0.717) is 21.5 Å². The predicted octanol–water partition coefficient (Wildman–Crippen LogP) is 3.17. The number of aromatic nitrogens is 5. The molecule has 0 saturated heterocycles. The van der Waals surface area contributed by atoms with Crippen LogP contribution in [0.4, 0.5) is 5.13 Å². The van der Waals surface area contributed by atoms with Gasteiger partial charge < -0.3 is 0 Å². The van der Waals surface area contributed by atoms with E-state index in [1.54, 1.807) is 0 Å². The van der Waals surface area contributed by atoms with Gasteiger partial charge in [0.2, 0.25) is 16.0 Å². The molecule has 150 valence electrons. The summed E-state index contributed by atoms with van der Waals surface area (Å²) in [5.41, 5.74) is 0.476. The lowest BCUT2D eigenvalue weighted by atomic mass is 10.3. The maximum atomic E-state index is 12.2. The zero-order chi connectivity index (χ0) is 19.9. The van der Waals surface area contributed by atoms with Crippen LogP contribution in [0.5, 0.6) is 0 Å². The third-order valence-electron chi connectivity index (χ3n) is 3.74. The molecule has 0 aliphatic rings. The summed E-state index contributed by atoms with van der Waals surface area (Å²) in [5, 5.41) is 17.5. The molecule has 0 atom stereocenters. The molecule has 11 heteroatoms. The van der Waals surface area contributed by atoms with Gasteiger partial charge in [-0.25, -0.2) is 4.98 Å². The van der Waals surface area contributed by atoms with E-state index < -0.39 is 0 Å². The number of carbonyl (C=O) groups is 1. The number of anilines is 1. The summed E-state index contributed by atoms with van der Waals surface area (Å²) in [6.07, 6.45) is 4.86. The summed E-state index contributed by atoms with van der Waals surface area (Å²) in [6, 6.07) is 1.48. The molecule has 3 aromatic heterocycles. The Morgan fingerprint density at radius 3 is 2.82 bits per heavy atom. The van der Waals surface area contributed by atoms with Crippen molar-refractivity contribution in [2.24, 2.45) is 0 Å². The maximum absolute atomic E-state index is 12.2. The first kappa shape index (κ1) is 20.9. The fraction of sp³-hybridized carbons (Fsp3) is 0.529. The topological polar surface area (TPSA) is 102 Å². The Morgan fingerprint density at radius 1 is 1.18 bits per heavy atom. The number of hydrogen-bond donors (Lipinski definition) is 1. The molecule has 8 nitrogen and oxygen atoms in total. The van der Waals surface area contributed by atoms with Gasteiger partial charge in [0.25, 0.3) is 5.56 Å². The average Bonchev–Trinajstić information content (AvgIpc) is 3.27. The normalized spacial score (nSPS) is 11.2. The lowest BCUT2D eigenvalue weighted by Gasteiger charge is -2.02.